The van der Waals surface area contributed by atoms with Crippen LogP contribution in [0.5, 0.6) is 11.5 Å². The Balaban J connectivity index is 2.71. The smallest absolute Gasteiger partial charge is 0.339 e. The molecule has 0 saturated heterocycles. The van der Waals surface area contributed by atoms with Crippen LogP contribution in [-0.4, -0.2) is 25.3 Å². The lowest BCUT2D eigenvalue weighted by Crippen LogP contribution is -2.20. The average Bonchev–Trinajstić information content (AvgIpc) is 2.66. The molecule has 0 spiro atoms. The number of carboxylic acid groups (broad SMARTS) is 1. The van der Waals surface area contributed by atoms with Crippen LogP contribution in [0.15, 0.2) is 29.9 Å². The molecular formula is C24H34O4. The number of methoxy groups -OCH3 is 2. The zero-order chi connectivity index (χ0) is 20.8. The molecule has 154 valence electrons. The molecule has 28 heavy (non-hydrogen) atoms. The van der Waals surface area contributed by atoms with Crippen molar-refractivity contribution in [3.05, 3.63) is 46.6 Å². The topological polar surface area (TPSA) is 55.8 Å². The molecule has 0 fully saturated rings. The zero-order valence-electron chi connectivity index (χ0n) is 17.9. The molecule has 1 aliphatic rings. The minimum Gasteiger partial charge on any atom is -0.496 e. The molecule has 0 heterocycles. The van der Waals surface area contributed by atoms with Crippen LogP contribution in [0.2, 0.25) is 0 Å². The molecule has 0 aromatic heterocycles. The van der Waals surface area contributed by atoms with E-state index in [1.165, 1.54) is 5.57 Å². The van der Waals surface area contributed by atoms with Gasteiger partial charge in [0.2, 0.25) is 0 Å². The normalized spacial score (nSPS) is 19.1. The first kappa shape index (κ1) is 22.1. The maximum absolute atomic E-state index is 12.2. The summed E-state index contributed by atoms with van der Waals surface area (Å²) in [7, 11) is 3.19. The summed E-state index contributed by atoms with van der Waals surface area (Å²) in [6, 6.07) is 1.91. The Morgan fingerprint density at radius 2 is 2.00 bits per heavy atom. The SMILES string of the molecule is C=C(C)[C@H]1CCC(C)=C[C@H]1c1c(OC)cc(CCCCC)c(C(=O)O)c1OC. The third kappa shape index (κ3) is 4.60. The van der Waals surface area contributed by atoms with Gasteiger partial charge in [-0.1, -0.05) is 43.6 Å². The molecule has 2 rings (SSSR count). The summed E-state index contributed by atoms with van der Waals surface area (Å²) in [4.78, 5) is 12.2. The Morgan fingerprint density at radius 1 is 1.29 bits per heavy atom. The number of rotatable bonds is 9. The summed E-state index contributed by atoms with van der Waals surface area (Å²) in [5.74, 6) is 0.421. The van der Waals surface area contributed by atoms with Crippen molar-refractivity contribution >= 4 is 5.97 Å². The maximum Gasteiger partial charge on any atom is 0.339 e. The van der Waals surface area contributed by atoms with Gasteiger partial charge >= 0.3 is 5.97 Å². The minimum atomic E-state index is -0.948. The van der Waals surface area contributed by atoms with Crippen LogP contribution in [0.4, 0.5) is 0 Å². The van der Waals surface area contributed by atoms with Gasteiger partial charge in [-0.25, -0.2) is 4.79 Å². The Labute approximate surface area is 169 Å². The summed E-state index contributed by atoms with van der Waals surface area (Å²) < 4.78 is 11.5. The van der Waals surface area contributed by atoms with Crippen molar-refractivity contribution in [2.24, 2.45) is 5.92 Å². The van der Waals surface area contributed by atoms with Gasteiger partial charge in [0.05, 0.1) is 14.2 Å². The summed E-state index contributed by atoms with van der Waals surface area (Å²) in [5.41, 5.74) is 4.28. The third-order valence-corrected chi connectivity index (χ3v) is 5.76. The highest BCUT2D eigenvalue weighted by molar-refractivity contribution is 5.94. The molecule has 1 aliphatic carbocycles. The molecule has 0 amide bonds. The second-order valence-corrected chi connectivity index (χ2v) is 7.85. The summed E-state index contributed by atoms with van der Waals surface area (Å²) in [6.45, 7) is 10.5. The number of unbranched alkanes of at least 4 members (excludes halogenated alkanes) is 2. The predicted molar refractivity (Wildman–Crippen MR) is 114 cm³/mol. The van der Waals surface area contributed by atoms with Gasteiger partial charge in [-0.05, 0) is 57.1 Å². The van der Waals surface area contributed by atoms with Crippen molar-refractivity contribution < 1.29 is 19.4 Å². The number of ether oxygens (including phenoxy) is 2. The van der Waals surface area contributed by atoms with E-state index in [0.29, 0.717) is 17.9 Å². The molecule has 0 bridgehead atoms. The van der Waals surface area contributed by atoms with Crippen LogP contribution in [-0.2, 0) is 6.42 Å². The summed E-state index contributed by atoms with van der Waals surface area (Å²) >= 11 is 0. The molecule has 1 aromatic carbocycles. The van der Waals surface area contributed by atoms with Gasteiger partial charge in [0.1, 0.15) is 17.1 Å². The number of aromatic carboxylic acids is 1. The van der Waals surface area contributed by atoms with Crippen LogP contribution in [0, 0.1) is 5.92 Å². The quantitative estimate of drug-likeness (QED) is 0.408. The molecule has 2 atom stereocenters. The second-order valence-electron chi connectivity index (χ2n) is 7.85. The van der Waals surface area contributed by atoms with E-state index in [1.807, 2.05) is 13.0 Å². The van der Waals surface area contributed by atoms with Crippen molar-refractivity contribution in [2.75, 3.05) is 14.2 Å². The van der Waals surface area contributed by atoms with E-state index in [0.717, 1.165) is 48.8 Å². The van der Waals surface area contributed by atoms with Crippen LogP contribution >= 0.6 is 0 Å². The Kier molecular flexibility index (Phi) is 7.73. The van der Waals surface area contributed by atoms with Gasteiger partial charge in [0.25, 0.3) is 0 Å². The molecule has 0 aliphatic heterocycles. The van der Waals surface area contributed by atoms with E-state index in [2.05, 4.69) is 26.5 Å². The monoisotopic (exact) mass is 386 g/mol. The number of benzene rings is 1. The fraction of sp³-hybridized carbons (Fsp3) is 0.542. The van der Waals surface area contributed by atoms with Gasteiger partial charge in [-0.3, -0.25) is 0 Å². The minimum absolute atomic E-state index is 0.000980. The molecule has 1 N–H and O–H groups in total. The maximum atomic E-state index is 12.2. The van der Waals surface area contributed by atoms with E-state index in [4.69, 9.17) is 9.47 Å². The number of aryl methyl sites for hydroxylation is 1. The molecule has 4 nitrogen and oxygen atoms in total. The van der Waals surface area contributed by atoms with Crippen molar-refractivity contribution in [1.82, 2.24) is 0 Å². The average molecular weight is 387 g/mol. The highest BCUT2D eigenvalue weighted by Gasteiger charge is 2.34. The van der Waals surface area contributed by atoms with E-state index < -0.39 is 5.97 Å². The number of hydrogen-bond acceptors (Lipinski definition) is 3. The fourth-order valence-corrected chi connectivity index (χ4v) is 4.30. The largest absolute Gasteiger partial charge is 0.496 e. The first-order valence-electron chi connectivity index (χ1n) is 10.2. The van der Waals surface area contributed by atoms with Gasteiger partial charge in [0, 0.05) is 11.5 Å². The number of carboxylic acids is 1. The predicted octanol–water partition coefficient (Wildman–Crippen LogP) is 6.15. The Morgan fingerprint density at radius 3 is 2.54 bits per heavy atom. The van der Waals surface area contributed by atoms with E-state index in [9.17, 15) is 9.90 Å². The molecule has 1 aromatic rings. The third-order valence-electron chi connectivity index (χ3n) is 5.76. The van der Waals surface area contributed by atoms with Crippen molar-refractivity contribution in [3.63, 3.8) is 0 Å². The lowest BCUT2D eigenvalue weighted by atomic mass is 9.73. The van der Waals surface area contributed by atoms with Gasteiger partial charge < -0.3 is 14.6 Å². The van der Waals surface area contributed by atoms with E-state index in [-0.39, 0.29) is 17.4 Å². The molecule has 0 saturated carbocycles. The number of carbonyl (C=O) groups is 1. The van der Waals surface area contributed by atoms with Gasteiger partial charge in [-0.2, -0.15) is 0 Å². The van der Waals surface area contributed by atoms with Crippen LogP contribution in [0.3, 0.4) is 0 Å². The Hall–Kier alpha value is -2.23. The van der Waals surface area contributed by atoms with Crippen molar-refractivity contribution in [2.45, 2.75) is 65.2 Å². The lowest BCUT2D eigenvalue weighted by Gasteiger charge is -2.33. The zero-order valence-corrected chi connectivity index (χ0v) is 17.9. The van der Waals surface area contributed by atoms with Gasteiger partial charge in [-0.15, -0.1) is 0 Å². The lowest BCUT2D eigenvalue weighted by molar-refractivity contribution is 0.0691. The summed E-state index contributed by atoms with van der Waals surface area (Å²) in [6.07, 6.45) is 8.04. The van der Waals surface area contributed by atoms with Gasteiger partial charge in [0.15, 0.2) is 0 Å². The molecule has 4 heteroatoms. The first-order valence-corrected chi connectivity index (χ1v) is 10.2. The van der Waals surface area contributed by atoms with Crippen LogP contribution in [0.25, 0.3) is 0 Å². The first-order chi connectivity index (χ1) is 13.3. The van der Waals surface area contributed by atoms with Crippen LogP contribution < -0.4 is 9.47 Å². The van der Waals surface area contributed by atoms with E-state index in [1.54, 1.807) is 14.2 Å². The highest BCUT2D eigenvalue weighted by atomic mass is 16.5. The highest BCUT2D eigenvalue weighted by Crippen LogP contribution is 2.48. The fourth-order valence-electron chi connectivity index (χ4n) is 4.30. The van der Waals surface area contributed by atoms with Crippen molar-refractivity contribution in [1.29, 1.82) is 0 Å². The van der Waals surface area contributed by atoms with Crippen molar-refractivity contribution in [3.8, 4) is 11.5 Å². The Bertz CT molecular complexity index is 760. The standard InChI is InChI=1S/C24H34O4/c1-7-8-9-10-17-14-20(27-5)22(23(28-6)21(17)24(25)26)19-13-16(4)11-12-18(19)15(2)3/h13-14,18-19H,2,7-12H2,1,3-6H3,(H,25,26)/t18-,19-/m1/s1. The number of hydrogen-bond donors (Lipinski definition) is 1. The molecule has 0 unspecified atom stereocenters. The summed E-state index contributed by atoms with van der Waals surface area (Å²) in [5, 5.41) is 9.99. The molecule has 0 radical (unpaired) electrons. The second kappa shape index (κ2) is 9.81. The molecular weight excluding hydrogens is 352 g/mol. The number of allylic oxidation sites excluding steroid dienone is 3. The van der Waals surface area contributed by atoms with Crippen LogP contribution in [0.1, 0.15) is 80.3 Å². The van der Waals surface area contributed by atoms with E-state index >= 15 is 0 Å².